The molecule has 0 aliphatic rings. The number of esters is 2. The van der Waals surface area contributed by atoms with Crippen LogP contribution < -0.4 is 0 Å². The summed E-state index contributed by atoms with van der Waals surface area (Å²) in [5.74, 6) is -1.03. The number of methoxy groups -OCH3 is 1. The molecule has 0 radical (unpaired) electrons. The van der Waals surface area contributed by atoms with Gasteiger partial charge in [-0.25, -0.2) is 14.6 Å². The average Bonchev–Trinajstić information content (AvgIpc) is 3.31. The molecule has 0 fully saturated rings. The summed E-state index contributed by atoms with van der Waals surface area (Å²) < 4.78 is 11.8. The lowest BCUT2D eigenvalue weighted by Crippen LogP contribution is -2.08. The highest BCUT2D eigenvalue weighted by atomic mass is 32.1. The number of nitrogens with zero attached hydrogens (tertiary/aromatic N) is 3. The minimum atomic E-state index is -0.545. The second-order valence-corrected chi connectivity index (χ2v) is 6.60. The van der Waals surface area contributed by atoms with Crippen molar-refractivity contribution in [3.05, 3.63) is 46.0 Å². The number of hydrogen-bond donors (Lipinski definition) is 1. The first kappa shape index (κ1) is 17.9. The first-order valence-corrected chi connectivity index (χ1v) is 8.66. The fourth-order valence-electron chi connectivity index (χ4n) is 2.61. The van der Waals surface area contributed by atoms with E-state index in [2.05, 4.69) is 15.1 Å². The largest absolute Gasteiger partial charge is 0.465 e. The van der Waals surface area contributed by atoms with E-state index in [4.69, 9.17) is 9.47 Å². The number of aromatic nitrogens is 4. The fourth-order valence-corrected chi connectivity index (χ4v) is 3.39. The Labute approximate surface area is 153 Å². The highest BCUT2D eigenvalue weighted by Crippen LogP contribution is 2.24. The van der Waals surface area contributed by atoms with Crippen molar-refractivity contribution in [2.75, 3.05) is 7.11 Å². The molecule has 0 aliphatic heterocycles. The molecule has 0 aliphatic carbocycles. The van der Waals surface area contributed by atoms with E-state index >= 15 is 0 Å². The highest BCUT2D eigenvalue weighted by Gasteiger charge is 2.23. The number of hydrogen-bond acceptors (Lipinski definition) is 7. The van der Waals surface area contributed by atoms with Crippen LogP contribution in [0.1, 0.15) is 37.8 Å². The molecule has 0 unspecified atom stereocenters. The lowest BCUT2D eigenvalue weighted by molar-refractivity contribution is 0.0461. The number of rotatable bonds is 5. The van der Waals surface area contributed by atoms with Crippen LogP contribution in [-0.2, 0) is 23.1 Å². The Morgan fingerprint density at radius 3 is 2.73 bits per heavy atom. The molecule has 136 valence electrons. The highest BCUT2D eigenvalue weighted by molar-refractivity contribution is 7.13. The lowest BCUT2D eigenvalue weighted by atomic mass is 10.1. The Balaban J connectivity index is 1.70. The lowest BCUT2D eigenvalue weighted by Gasteiger charge is -2.03. The van der Waals surface area contributed by atoms with Gasteiger partial charge < -0.3 is 14.5 Å². The average molecular weight is 374 g/mol. The molecule has 1 N–H and O–H groups in total. The summed E-state index contributed by atoms with van der Waals surface area (Å²) in [5, 5.41) is 6.76. The Morgan fingerprint density at radius 2 is 2.08 bits per heavy atom. The normalized spacial score (nSPS) is 10.8. The van der Waals surface area contributed by atoms with Crippen LogP contribution in [-0.4, -0.2) is 38.8 Å². The third kappa shape index (κ3) is 3.38. The molecule has 8 nitrogen and oxygen atoms in total. The van der Waals surface area contributed by atoms with Crippen LogP contribution in [0.3, 0.4) is 0 Å². The number of thiazole rings is 1. The summed E-state index contributed by atoms with van der Waals surface area (Å²) in [6.45, 7) is 3.42. The summed E-state index contributed by atoms with van der Waals surface area (Å²) in [4.78, 5) is 31.5. The molecular formula is C17H18N4O4S. The van der Waals surface area contributed by atoms with Crippen molar-refractivity contribution in [2.45, 2.75) is 20.5 Å². The Bertz CT molecular complexity index is 969. The van der Waals surface area contributed by atoms with Crippen molar-refractivity contribution in [1.29, 1.82) is 0 Å². The minimum absolute atomic E-state index is 0.0423. The number of aryl methyl sites for hydroxylation is 2. The summed E-state index contributed by atoms with van der Waals surface area (Å²) in [6.07, 6.45) is 3.60. The van der Waals surface area contributed by atoms with E-state index in [1.165, 1.54) is 18.4 Å². The van der Waals surface area contributed by atoms with Gasteiger partial charge in [0.2, 0.25) is 0 Å². The predicted molar refractivity (Wildman–Crippen MR) is 95.0 cm³/mol. The van der Waals surface area contributed by atoms with Gasteiger partial charge in [-0.2, -0.15) is 5.10 Å². The minimum Gasteiger partial charge on any atom is -0.465 e. The molecule has 0 atom stereocenters. The van der Waals surface area contributed by atoms with Crippen molar-refractivity contribution >= 4 is 23.3 Å². The van der Waals surface area contributed by atoms with Crippen molar-refractivity contribution in [2.24, 2.45) is 7.05 Å². The summed E-state index contributed by atoms with van der Waals surface area (Å²) in [7, 11) is 3.14. The van der Waals surface area contributed by atoms with Gasteiger partial charge in [0.05, 0.1) is 24.6 Å². The van der Waals surface area contributed by atoms with Gasteiger partial charge >= 0.3 is 11.9 Å². The molecule has 0 aromatic carbocycles. The smallest absolute Gasteiger partial charge is 0.355 e. The standard InChI is InChI=1S/C17H18N4O4S/c1-9-13(16(22)24-4)10(2)19-14(9)17(23)25-7-12-8-26-15(20-12)11-5-18-21(3)6-11/h5-6,8,19H,7H2,1-4H3. The number of carbonyl (C=O) groups is 2. The molecule has 3 heterocycles. The van der Waals surface area contributed by atoms with E-state index in [1.54, 1.807) is 24.7 Å². The number of nitrogens with one attached hydrogen (secondary N) is 1. The van der Waals surface area contributed by atoms with E-state index in [1.807, 2.05) is 18.6 Å². The fraction of sp³-hybridized carbons (Fsp3) is 0.294. The second kappa shape index (κ2) is 7.12. The van der Waals surface area contributed by atoms with Gasteiger partial charge in [0, 0.05) is 29.9 Å². The Morgan fingerprint density at radius 1 is 1.31 bits per heavy atom. The Hall–Kier alpha value is -2.94. The zero-order valence-corrected chi connectivity index (χ0v) is 15.6. The molecule has 3 aromatic heterocycles. The summed E-state index contributed by atoms with van der Waals surface area (Å²) in [5.41, 5.74) is 3.23. The Kier molecular flexibility index (Phi) is 4.90. The van der Waals surface area contributed by atoms with E-state index in [9.17, 15) is 9.59 Å². The maximum Gasteiger partial charge on any atom is 0.355 e. The number of carbonyl (C=O) groups excluding carboxylic acids is 2. The van der Waals surface area contributed by atoms with Crippen molar-refractivity contribution in [3.63, 3.8) is 0 Å². The van der Waals surface area contributed by atoms with Gasteiger partial charge in [0.1, 0.15) is 17.3 Å². The van der Waals surface area contributed by atoms with Crippen LogP contribution in [0, 0.1) is 13.8 Å². The molecule has 3 aromatic rings. The second-order valence-electron chi connectivity index (χ2n) is 5.74. The molecule has 0 amide bonds. The summed E-state index contributed by atoms with van der Waals surface area (Å²) in [6, 6.07) is 0. The topological polar surface area (TPSA) is 99.1 Å². The van der Waals surface area contributed by atoms with Crippen LogP contribution in [0.15, 0.2) is 17.8 Å². The zero-order valence-electron chi connectivity index (χ0n) is 14.8. The number of aromatic amines is 1. The quantitative estimate of drug-likeness (QED) is 0.689. The first-order valence-electron chi connectivity index (χ1n) is 7.78. The van der Waals surface area contributed by atoms with Crippen molar-refractivity contribution < 1.29 is 19.1 Å². The van der Waals surface area contributed by atoms with E-state index in [0.29, 0.717) is 22.5 Å². The van der Waals surface area contributed by atoms with Gasteiger partial charge in [-0.15, -0.1) is 11.3 Å². The molecule has 0 saturated heterocycles. The third-order valence-electron chi connectivity index (χ3n) is 3.89. The molecule has 0 saturated carbocycles. The van der Waals surface area contributed by atoms with E-state index in [0.717, 1.165) is 10.6 Å². The van der Waals surface area contributed by atoms with Crippen molar-refractivity contribution in [1.82, 2.24) is 19.7 Å². The molecule has 26 heavy (non-hydrogen) atoms. The van der Waals surface area contributed by atoms with Gasteiger partial charge in [0.15, 0.2) is 0 Å². The van der Waals surface area contributed by atoms with Crippen LogP contribution in [0.5, 0.6) is 0 Å². The van der Waals surface area contributed by atoms with Crippen LogP contribution in [0.4, 0.5) is 0 Å². The molecule has 9 heteroatoms. The van der Waals surface area contributed by atoms with Crippen molar-refractivity contribution in [3.8, 4) is 10.6 Å². The van der Waals surface area contributed by atoms with Crippen LogP contribution >= 0.6 is 11.3 Å². The molecule has 3 rings (SSSR count). The van der Waals surface area contributed by atoms with Crippen LogP contribution in [0.2, 0.25) is 0 Å². The van der Waals surface area contributed by atoms with Gasteiger partial charge in [-0.3, -0.25) is 4.68 Å². The SMILES string of the molecule is COC(=O)c1c(C)[nH]c(C(=O)OCc2csc(-c3cnn(C)c3)n2)c1C. The zero-order chi connectivity index (χ0) is 18.8. The maximum atomic E-state index is 12.4. The number of ether oxygens (including phenoxy) is 2. The van der Waals surface area contributed by atoms with E-state index in [-0.39, 0.29) is 12.3 Å². The molecular weight excluding hydrogens is 356 g/mol. The van der Waals surface area contributed by atoms with Gasteiger partial charge in [-0.05, 0) is 19.4 Å². The van der Waals surface area contributed by atoms with E-state index < -0.39 is 11.9 Å². The first-order chi connectivity index (χ1) is 12.4. The predicted octanol–water partition coefficient (Wildman–Crippen LogP) is 2.63. The summed E-state index contributed by atoms with van der Waals surface area (Å²) >= 11 is 1.46. The van der Waals surface area contributed by atoms with Gasteiger partial charge in [0.25, 0.3) is 0 Å². The monoisotopic (exact) mass is 374 g/mol. The molecule has 0 spiro atoms. The van der Waals surface area contributed by atoms with Crippen LogP contribution in [0.25, 0.3) is 10.6 Å². The maximum absolute atomic E-state index is 12.4. The molecule has 0 bridgehead atoms. The number of H-pyrrole nitrogens is 1. The van der Waals surface area contributed by atoms with Gasteiger partial charge in [-0.1, -0.05) is 0 Å². The third-order valence-corrected chi connectivity index (χ3v) is 4.83.